The van der Waals surface area contributed by atoms with Gasteiger partial charge in [0.05, 0.1) is 29.4 Å². The van der Waals surface area contributed by atoms with Crippen molar-refractivity contribution in [2.75, 3.05) is 44.6 Å². The van der Waals surface area contributed by atoms with Gasteiger partial charge in [-0.05, 0) is 48.0 Å². The fraction of sp³-hybridized carbons (Fsp3) is 0.364. The van der Waals surface area contributed by atoms with Crippen LogP contribution in [-0.4, -0.2) is 80.1 Å². The van der Waals surface area contributed by atoms with Crippen LogP contribution in [0.15, 0.2) is 61.4 Å². The molecule has 1 fully saturated rings. The minimum Gasteiger partial charge on any atom is -0.455 e. The molecule has 0 aliphatic carbocycles. The standard InChI is InChI=1S/C33H36F3N7O3/c1-3-21-18-43(19-23-13-26(16-38-30(21)23)46-29-7-8-37-31-27(29)14-25(20-44)39-31)32(45)40-24-6-5-22(28(15-24)33(34,35)36)17-42-11-9-41(4-2)10-12-42/h3,5-8,13-16,21,44H,1,4,9-12,17-20H2,2H3,(H,37,39)(H,40,45)/t21-/m1/s1. The molecular formula is C33H36F3N7O3. The molecule has 3 aromatic heterocycles. The van der Waals surface area contributed by atoms with Crippen LogP contribution in [0.1, 0.15) is 40.9 Å². The molecule has 1 aromatic carbocycles. The zero-order chi connectivity index (χ0) is 32.4. The summed E-state index contributed by atoms with van der Waals surface area (Å²) in [7, 11) is 0. The number of carbonyl (C=O) groups is 1. The van der Waals surface area contributed by atoms with E-state index in [1.165, 1.54) is 17.0 Å². The molecule has 0 spiro atoms. The summed E-state index contributed by atoms with van der Waals surface area (Å²) >= 11 is 0. The molecule has 0 unspecified atom stereocenters. The maximum atomic E-state index is 14.2. The van der Waals surface area contributed by atoms with Crippen LogP contribution in [0.4, 0.5) is 23.7 Å². The number of nitrogens with zero attached hydrogens (tertiary/aromatic N) is 5. The van der Waals surface area contributed by atoms with E-state index in [0.29, 0.717) is 41.3 Å². The fourth-order valence-electron chi connectivity index (χ4n) is 6.07. The third kappa shape index (κ3) is 6.71. The molecule has 3 N–H and O–H groups in total. The van der Waals surface area contributed by atoms with Gasteiger partial charge < -0.3 is 29.9 Å². The SMILES string of the molecule is C=C[C@@H]1CN(C(=O)Nc2ccc(CN3CCN(CC)CC3)c(C(F)(F)F)c2)Cc2cc(Oc3ccnc4[nH]c(CO)cc34)cnc21. The largest absolute Gasteiger partial charge is 0.455 e. The summed E-state index contributed by atoms with van der Waals surface area (Å²) in [4.78, 5) is 31.1. The maximum Gasteiger partial charge on any atom is 0.416 e. The highest BCUT2D eigenvalue weighted by Gasteiger charge is 2.35. The lowest BCUT2D eigenvalue weighted by molar-refractivity contribution is -0.138. The Morgan fingerprint density at radius 1 is 1.15 bits per heavy atom. The van der Waals surface area contributed by atoms with Crippen LogP contribution in [0.5, 0.6) is 11.5 Å². The molecule has 10 nitrogen and oxygen atoms in total. The van der Waals surface area contributed by atoms with E-state index in [0.717, 1.165) is 37.0 Å². The summed E-state index contributed by atoms with van der Waals surface area (Å²) in [6.07, 6.45) is 0.319. The molecule has 0 radical (unpaired) electrons. The number of amides is 2. The number of pyridine rings is 2. The Labute approximate surface area is 264 Å². The molecule has 1 atom stereocenters. The number of carbonyl (C=O) groups excluding carboxylic acids is 1. The lowest BCUT2D eigenvalue weighted by Gasteiger charge is -2.34. The summed E-state index contributed by atoms with van der Waals surface area (Å²) < 4.78 is 48.6. The molecule has 2 amide bonds. The molecule has 2 aliphatic rings. The van der Waals surface area contributed by atoms with E-state index in [2.05, 4.69) is 38.7 Å². The van der Waals surface area contributed by atoms with Crippen LogP contribution < -0.4 is 10.1 Å². The number of ether oxygens (including phenoxy) is 1. The second-order valence-electron chi connectivity index (χ2n) is 11.6. The Bertz CT molecular complexity index is 1730. The molecule has 0 bridgehead atoms. The predicted octanol–water partition coefficient (Wildman–Crippen LogP) is 5.72. The number of fused-ring (bicyclic) bond motifs is 2. The number of piperazine rings is 1. The van der Waals surface area contributed by atoms with Gasteiger partial charge in [-0.1, -0.05) is 19.1 Å². The molecule has 4 aromatic rings. The first-order valence-electron chi connectivity index (χ1n) is 15.2. The number of rotatable bonds is 8. The maximum absolute atomic E-state index is 14.2. The predicted molar refractivity (Wildman–Crippen MR) is 168 cm³/mol. The van der Waals surface area contributed by atoms with E-state index in [4.69, 9.17) is 4.74 Å². The number of anilines is 1. The molecule has 6 rings (SSSR count). The minimum atomic E-state index is -4.57. The average molecular weight is 636 g/mol. The van der Waals surface area contributed by atoms with Crippen LogP contribution in [0, 0.1) is 0 Å². The molecule has 2 aliphatic heterocycles. The number of aromatic nitrogens is 3. The summed E-state index contributed by atoms with van der Waals surface area (Å²) in [5.74, 6) is 0.666. The lowest BCUT2D eigenvalue weighted by Crippen LogP contribution is -2.45. The third-order valence-electron chi connectivity index (χ3n) is 8.60. The Balaban J connectivity index is 1.18. The van der Waals surface area contributed by atoms with Gasteiger partial charge in [0, 0.05) is 69.3 Å². The first-order valence-corrected chi connectivity index (χ1v) is 15.2. The number of halogens is 3. The normalized spacial score (nSPS) is 17.6. The highest BCUT2D eigenvalue weighted by atomic mass is 19.4. The second-order valence-corrected chi connectivity index (χ2v) is 11.6. The van der Waals surface area contributed by atoms with Crippen molar-refractivity contribution in [3.05, 3.63) is 89.5 Å². The smallest absolute Gasteiger partial charge is 0.416 e. The molecule has 242 valence electrons. The van der Waals surface area contributed by atoms with Gasteiger partial charge >= 0.3 is 12.2 Å². The summed E-state index contributed by atoms with van der Waals surface area (Å²) in [6, 6.07) is 8.73. The summed E-state index contributed by atoms with van der Waals surface area (Å²) in [6.45, 7) is 10.4. The number of hydrogen-bond donors (Lipinski definition) is 3. The number of nitrogens with one attached hydrogen (secondary N) is 2. The quantitative estimate of drug-likeness (QED) is 0.213. The monoisotopic (exact) mass is 635 g/mol. The van der Waals surface area contributed by atoms with Gasteiger partial charge in [0.2, 0.25) is 0 Å². The molecule has 5 heterocycles. The van der Waals surface area contributed by atoms with Crippen molar-refractivity contribution < 1.29 is 27.8 Å². The number of H-pyrrole nitrogens is 1. The highest BCUT2D eigenvalue weighted by molar-refractivity contribution is 5.90. The topological polar surface area (TPSA) is 110 Å². The molecular weight excluding hydrogens is 599 g/mol. The van der Waals surface area contributed by atoms with Gasteiger partial charge in [-0.3, -0.25) is 9.88 Å². The van der Waals surface area contributed by atoms with Crippen molar-refractivity contribution in [2.45, 2.75) is 38.7 Å². The van der Waals surface area contributed by atoms with Gasteiger partial charge in [-0.2, -0.15) is 13.2 Å². The van der Waals surface area contributed by atoms with Crippen molar-refractivity contribution in [3.63, 3.8) is 0 Å². The molecule has 46 heavy (non-hydrogen) atoms. The average Bonchev–Trinajstić information content (AvgIpc) is 3.49. The van der Waals surface area contributed by atoms with E-state index < -0.39 is 17.8 Å². The number of likely N-dealkylation sites (N-methyl/N-ethyl adjacent to an activating group) is 1. The van der Waals surface area contributed by atoms with Crippen molar-refractivity contribution in [2.24, 2.45) is 0 Å². The van der Waals surface area contributed by atoms with E-state index >= 15 is 0 Å². The lowest BCUT2D eigenvalue weighted by atomic mass is 9.95. The van der Waals surface area contributed by atoms with Crippen molar-refractivity contribution >= 4 is 22.8 Å². The van der Waals surface area contributed by atoms with Gasteiger partial charge in [0.25, 0.3) is 0 Å². The number of alkyl halides is 3. The zero-order valence-corrected chi connectivity index (χ0v) is 25.5. The van der Waals surface area contributed by atoms with Crippen LogP contribution in [0.2, 0.25) is 0 Å². The minimum absolute atomic E-state index is 0.0727. The first-order chi connectivity index (χ1) is 22.1. The number of aromatic amines is 1. The molecule has 13 heteroatoms. The first kappa shape index (κ1) is 31.5. The third-order valence-corrected chi connectivity index (χ3v) is 8.60. The van der Waals surface area contributed by atoms with Crippen LogP contribution in [0.3, 0.4) is 0 Å². The fourth-order valence-corrected chi connectivity index (χ4v) is 6.07. The van der Waals surface area contributed by atoms with E-state index in [9.17, 15) is 23.1 Å². The number of urea groups is 1. The number of aliphatic hydroxyl groups is 1. The Morgan fingerprint density at radius 2 is 1.93 bits per heavy atom. The summed E-state index contributed by atoms with van der Waals surface area (Å²) in [5.41, 5.74) is 2.15. The molecule has 0 saturated carbocycles. The summed E-state index contributed by atoms with van der Waals surface area (Å²) in [5, 5.41) is 12.9. The zero-order valence-electron chi connectivity index (χ0n) is 25.5. The Hall–Kier alpha value is -4.46. The van der Waals surface area contributed by atoms with Gasteiger partial charge in [-0.25, -0.2) is 9.78 Å². The van der Waals surface area contributed by atoms with Gasteiger partial charge in [0.1, 0.15) is 17.1 Å². The van der Waals surface area contributed by atoms with E-state index in [1.807, 2.05) is 4.90 Å². The number of benzene rings is 1. The number of aliphatic hydroxyl groups excluding tert-OH is 1. The van der Waals surface area contributed by atoms with Gasteiger partial charge in [-0.15, -0.1) is 6.58 Å². The van der Waals surface area contributed by atoms with Crippen molar-refractivity contribution in [1.29, 1.82) is 0 Å². The van der Waals surface area contributed by atoms with Crippen LogP contribution in [-0.2, 0) is 25.9 Å². The van der Waals surface area contributed by atoms with E-state index in [-0.39, 0.29) is 43.4 Å². The Kier molecular flexibility index (Phi) is 8.98. The molecule has 1 saturated heterocycles. The highest BCUT2D eigenvalue weighted by Crippen LogP contribution is 2.36. The van der Waals surface area contributed by atoms with Crippen LogP contribution >= 0.6 is 0 Å². The number of hydrogen-bond acceptors (Lipinski definition) is 7. The Morgan fingerprint density at radius 3 is 2.65 bits per heavy atom. The van der Waals surface area contributed by atoms with Crippen molar-refractivity contribution in [1.82, 2.24) is 29.7 Å². The van der Waals surface area contributed by atoms with Crippen LogP contribution in [0.25, 0.3) is 11.0 Å². The van der Waals surface area contributed by atoms with Gasteiger partial charge in [0.15, 0.2) is 0 Å². The van der Waals surface area contributed by atoms with Crippen molar-refractivity contribution in [3.8, 4) is 11.5 Å². The second kappa shape index (κ2) is 13.1. The van der Waals surface area contributed by atoms with E-state index in [1.54, 1.807) is 36.7 Å².